The van der Waals surface area contributed by atoms with Gasteiger partial charge in [-0.15, -0.1) is 0 Å². The zero-order chi connectivity index (χ0) is 15.0. The SMILES string of the molecule is Cc1nn(C)c(C)c1Cc1nc(Cc2cncn2C)no1. The molecule has 7 heteroatoms. The van der Waals surface area contributed by atoms with Gasteiger partial charge in [-0.25, -0.2) is 4.98 Å². The van der Waals surface area contributed by atoms with E-state index in [-0.39, 0.29) is 0 Å². The van der Waals surface area contributed by atoms with Crippen molar-refractivity contribution >= 4 is 0 Å². The molecular weight excluding hydrogens is 268 g/mol. The number of aryl methyl sites for hydroxylation is 3. The van der Waals surface area contributed by atoms with Crippen molar-refractivity contribution in [3.63, 3.8) is 0 Å². The maximum Gasteiger partial charge on any atom is 0.231 e. The monoisotopic (exact) mass is 286 g/mol. The van der Waals surface area contributed by atoms with Crippen molar-refractivity contribution in [2.24, 2.45) is 14.1 Å². The van der Waals surface area contributed by atoms with Crippen LogP contribution in [-0.4, -0.2) is 29.5 Å². The Kier molecular flexibility index (Phi) is 3.32. The van der Waals surface area contributed by atoms with Gasteiger partial charge >= 0.3 is 0 Å². The van der Waals surface area contributed by atoms with Crippen LogP contribution in [0.2, 0.25) is 0 Å². The highest BCUT2D eigenvalue weighted by Gasteiger charge is 2.15. The third-order valence-corrected chi connectivity index (χ3v) is 3.75. The quantitative estimate of drug-likeness (QED) is 0.723. The summed E-state index contributed by atoms with van der Waals surface area (Å²) in [5, 5.41) is 8.44. The molecule has 0 aliphatic carbocycles. The molecule has 0 atom stereocenters. The fourth-order valence-electron chi connectivity index (χ4n) is 2.38. The van der Waals surface area contributed by atoms with Crippen molar-refractivity contribution in [2.45, 2.75) is 26.7 Å². The van der Waals surface area contributed by atoms with Crippen LogP contribution in [0.3, 0.4) is 0 Å². The maximum atomic E-state index is 5.35. The highest BCUT2D eigenvalue weighted by Crippen LogP contribution is 2.16. The van der Waals surface area contributed by atoms with Gasteiger partial charge in [0, 0.05) is 37.2 Å². The average Bonchev–Trinajstić information content (AvgIpc) is 3.10. The lowest BCUT2D eigenvalue weighted by Crippen LogP contribution is -1.98. The molecule has 0 amide bonds. The molecular formula is C14H18N6O. The number of nitrogens with zero attached hydrogens (tertiary/aromatic N) is 6. The van der Waals surface area contributed by atoms with Gasteiger partial charge in [-0.2, -0.15) is 10.1 Å². The van der Waals surface area contributed by atoms with Crippen molar-refractivity contribution in [3.05, 3.63) is 46.9 Å². The predicted molar refractivity (Wildman–Crippen MR) is 75.8 cm³/mol. The van der Waals surface area contributed by atoms with E-state index in [9.17, 15) is 0 Å². The van der Waals surface area contributed by atoms with Gasteiger partial charge in [0.1, 0.15) is 0 Å². The first-order valence-electron chi connectivity index (χ1n) is 6.80. The summed E-state index contributed by atoms with van der Waals surface area (Å²) < 4.78 is 9.17. The van der Waals surface area contributed by atoms with Crippen molar-refractivity contribution < 1.29 is 4.52 Å². The number of hydrogen-bond donors (Lipinski definition) is 0. The largest absolute Gasteiger partial charge is 0.339 e. The Balaban J connectivity index is 1.78. The fourth-order valence-corrected chi connectivity index (χ4v) is 2.38. The van der Waals surface area contributed by atoms with Gasteiger partial charge in [-0.1, -0.05) is 5.16 Å². The summed E-state index contributed by atoms with van der Waals surface area (Å²) in [6, 6.07) is 0. The highest BCUT2D eigenvalue weighted by molar-refractivity contribution is 5.27. The summed E-state index contributed by atoms with van der Waals surface area (Å²) in [6.45, 7) is 4.04. The third-order valence-electron chi connectivity index (χ3n) is 3.75. The van der Waals surface area contributed by atoms with Crippen molar-refractivity contribution in [1.82, 2.24) is 29.5 Å². The van der Waals surface area contributed by atoms with Gasteiger partial charge in [0.2, 0.25) is 5.89 Å². The van der Waals surface area contributed by atoms with E-state index in [1.54, 1.807) is 6.33 Å². The molecule has 0 bridgehead atoms. The van der Waals surface area contributed by atoms with E-state index in [0.717, 1.165) is 22.6 Å². The summed E-state index contributed by atoms with van der Waals surface area (Å²) in [4.78, 5) is 8.54. The molecule has 0 saturated carbocycles. The second-order valence-electron chi connectivity index (χ2n) is 5.23. The van der Waals surface area contributed by atoms with Crippen LogP contribution in [0.5, 0.6) is 0 Å². The van der Waals surface area contributed by atoms with Gasteiger partial charge in [0.25, 0.3) is 0 Å². The molecule has 3 aromatic heterocycles. The Morgan fingerprint density at radius 3 is 2.62 bits per heavy atom. The van der Waals surface area contributed by atoms with E-state index in [0.29, 0.717) is 24.6 Å². The van der Waals surface area contributed by atoms with Crippen molar-refractivity contribution in [1.29, 1.82) is 0 Å². The van der Waals surface area contributed by atoms with Crippen LogP contribution in [0, 0.1) is 13.8 Å². The smallest absolute Gasteiger partial charge is 0.231 e. The molecule has 21 heavy (non-hydrogen) atoms. The first kappa shape index (κ1) is 13.5. The fraction of sp³-hybridized carbons (Fsp3) is 0.429. The highest BCUT2D eigenvalue weighted by atomic mass is 16.5. The minimum atomic E-state index is 0.615. The zero-order valence-corrected chi connectivity index (χ0v) is 12.7. The molecule has 0 radical (unpaired) electrons. The number of rotatable bonds is 4. The van der Waals surface area contributed by atoms with Crippen LogP contribution >= 0.6 is 0 Å². The topological polar surface area (TPSA) is 74.6 Å². The van der Waals surface area contributed by atoms with Crippen LogP contribution in [0.15, 0.2) is 17.0 Å². The lowest BCUT2D eigenvalue weighted by molar-refractivity contribution is 0.379. The minimum absolute atomic E-state index is 0.615. The van der Waals surface area contributed by atoms with E-state index < -0.39 is 0 Å². The molecule has 0 aliphatic rings. The Bertz CT molecular complexity index is 766. The van der Waals surface area contributed by atoms with E-state index in [1.807, 2.05) is 43.4 Å². The maximum absolute atomic E-state index is 5.35. The minimum Gasteiger partial charge on any atom is -0.339 e. The molecule has 7 nitrogen and oxygen atoms in total. The van der Waals surface area contributed by atoms with E-state index >= 15 is 0 Å². The van der Waals surface area contributed by atoms with E-state index in [2.05, 4.69) is 20.2 Å². The van der Waals surface area contributed by atoms with Crippen LogP contribution in [0.25, 0.3) is 0 Å². The number of aromatic nitrogens is 6. The Hall–Kier alpha value is -2.44. The predicted octanol–water partition coefficient (Wildman–Crippen LogP) is 1.34. The summed E-state index contributed by atoms with van der Waals surface area (Å²) in [6.07, 6.45) is 4.80. The second-order valence-corrected chi connectivity index (χ2v) is 5.23. The molecule has 110 valence electrons. The molecule has 0 N–H and O–H groups in total. The Morgan fingerprint density at radius 2 is 2.00 bits per heavy atom. The molecule has 3 rings (SSSR count). The van der Waals surface area contributed by atoms with Crippen molar-refractivity contribution in [2.75, 3.05) is 0 Å². The zero-order valence-electron chi connectivity index (χ0n) is 12.7. The molecule has 0 fully saturated rings. The molecule has 0 aliphatic heterocycles. The average molecular weight is 286 g/mol. The number of hydrogen-bond acceptors (Lipinski definition) is 5. The molecule has 0 saturated heterocycles. The van der Waals surface area contributed by atoms with Gasteiger partial charge in [-0.05, 0) is 13.8 Å². The molecule has 0 spiro atoms. The van der Waals surface area contributed by atoms with E-state index in [1.165, 1.54) is 0 Å². The molecule has 0 unspecified atom stereocenters. The van der Waals surface area contributed by atoms with Crippen LogP contribution in [0.4, 0.5) is 0 Å². The lowest BCUT2D eigenvalue weighted by atomic mass is 10.1. The first-order chi connectivity index (χ1) is 10.0. The molecule has 0 aromatic carbocycles. The Morgan fingerprint density at radius 1 is 1.19 bits per heavy atom. The van der Waals surface area contributed by atoms with Crippen LogP contribution in [0.1, 0.15) is 34.4 Å². The molecule has 3 aromatic rings. The van der Waals surface area contributed by atoms with Gasteiger partial charge in [-0.3, -0.25) is 4.68 Å². The van der Waals surface area contributed by atoms with Gasteiger partial charge in [0.05, 0.1) is 24.9 Å². The first-order valence-corrected chi connectivity index (χ1v) is 6.80. The normalized spacial score (nSPS) is 11.2. The van der Waals surface area contributed by atoms with E-state index in [4.69, 9.17) is 4.52 Å². The molecule has 3 heterocycles. The van der Waals surface area contributed by atoms with Gasteiger partial charge in [0.15, 0.2) is 5.82 Å². The van der Waals surface area contributed by atoms with Crippen LogP contribution < -0.4 is 0 Å². The summed E-state index contributed by atoms with van der Waals surface area (Å²) >= 11 is 0. The summed E-state index contributed by atoms with van der Waals surface area (Å²) in [7, 11) is 3.89. The lowest BCUT2D eigenvalue weighted by Gasteiger charge is -1.97. The van der Waals surface area contributed by atoms with Crippen molar-refractivity contribution in [3.8, 4) is 0 Å². The Labute approximate surface area is 122 Å². The number of imidazole rings is 1. The van der Waals surface area contributed by atoms with Gasteiger partial charge < -0.3 is 9.09 Å². The second kappa shape index (κ2) is 5.16. The summed E-state index contributed by atoms with van der Waals surface area (Å²) in [5.74, 6) is 1.29. The standard InChI is InChI=1S/C14H18N6O/c1-9-12(10(2)20(4)17-9)6-14-16-13(18-21-14)5-11-7-15-8-19(11)3/h7-8H,5-6H2,1-4H3. The van der Waals surface area contributed by atoms with Crippen LogP contribution in [-0.2, 0) is 26.9 Å². The summed E-state index contributed by atoms with van der Waals surface area (Å²) in [5.41, 5.74) is 4.32. The third kappa shape index (κ3) is 2.58.